The molecule has 1 saturated heterocycles. The first-order valence-electron chi connectivity index (χ1n) is 10.5. The average Bonchev–Trinajstić information content (AvgIpc) is 3.10. The molecule has 1 aromatic carbocycles. The summed E-state index contributed by atoms with van der Waals surface area (Å²) in [4.78, 5) is 15.1. The zero-order valence-corrected chi connectivity index (χ0v) is 18.8. The predicted octanol–water partition coefficient (Wildman–Crippen LogP) is 2.22. The number of carbonyl (C=O) groups excluding carboxylic acids is 1. The molecule has 0 bridgehead atoms. The number of hydrogen-bond donors (Lipinski definition) is 1. The number of rotatable bonds is 9. The van der Waals surface area contributed by atoms with Gasteiger partial charge in [-0.25, -0.2) is 8.42 Å². The highest BCUT2D eigenvalue weighted by atomic mass is 32.2. The van der Waals surface area contributed by atoms with Crippen LogP contribution in [0.25, 0.3) is 11.0 Å². The Morgan fingerprint density at radius 3 is 2.57 bits per heavy atom. The number of sulfonamides is 1. The Morgan fingerprint density at radius 1 is 1.20 bits per heavy atom. The van der Waals surface area contributed by atoms with Gasteiger partial charge in [0.05, 0.1) is 18.1 Å². The summed E-state index contributed by atoms with van der Waals surface area (Å²) in [5, 5.41) is 3.54. The van der Waals surface area contributed by atoms with Gasteiger partial charge in [-0.2, -0.15) is 4.31 Å². The summed E-state index contributed by atoms with van der Waals surface area (Å²) in [6.45, 7) is 10.9. The first kappa shape index (κ1) is 22.7. The molecule has 3 rings (SSSR count). The van der Waals surface area contributed by atoms with Crippen molar-refractivity contribution in [2.45, 2.75) is 32.1 Å². The van der Waals surface area contributed by atoms with Crippen LogP contribution in [0, 0.1) is 6.92 Å². The molecule has 0 atom stereocenters. The van der Waals surface area contributed by atoms with Crippen molar-refractivity contribution in [2.24, 2.45) is 0 Å². The first-order chi connectivity index (χ1) is 14.4. The first-order valence-corrected chi connectivity index (χ1v) is 11.9. The van der Waals surface area contributed by atoms with Crippen LogP contribution in [-0.4, -0.2) is 76.0 Å². The van der Waals surface area contributed by atoms with E-state index in [9.17, 15) is 13.2 Å². The summed E-state index contributed by atoms with van der Waals surface area (Å²) >= 11 is 0. The number of benzene rings is 1. The lowest BCUT2D eigenvalue weighted by Crippen LogP contribution is -2.40. The Morgan fingerprint density at radius 2 is 1.90 bits per heavy atom. The largest absolute Gasteiger partial charge is 0.451 e. The molecule has 9 heteroatoms. The molecule has 1 fully saturated rings. The molecule has 0 unspecified atom stereocenters. The van der Waals surface area contributed by atoms with Gasteiger partial charge in [0.2, 0.25) is 10.0 Å². The van der Waals surface area contributed by atoms with E-state index in [4.69, 9.17) is 9.15 Å². The van der Waals surface area contributed by atoms with Gasteiger partial charge in [-0.1, -0.05) is 13.8 Å². The van der Waals surface area contributed by atoms with Crippen molar-refractivity contribution in [1.29, 1.82) is 0 Å². The van der Waals surface area contributed by atoms with Crippen molar-refractivity contribution >= 4 is 26.9 Å². The second-order valence-corrected chi connectivity index (χ2v) is 9.30. The van der Waals surface area contributed by atoms with Gasteiger partial charge in [-0.15, -0.1) is 0 Å². The normalized spacial score (nSPS) is 15.7. The topological polar surface area (TPSA) is 92.1 Å². The van der Waals surface area contributed by atoms with Crippen LogP contribution in [0.5, 0.6) is 0 Å². The fraction of sp³-hybridized carbons (Fsp3) is 0.571. The number of carbonyl (C=O) groups is 1. The number of aryl methyl sites for hydroxylation is 1. The van der Waals surface area contributed by atoms with E-state index in [2.05, 4.69) is 24.1 Å². The van der Waals surface area contributed by atoms with Crippen LogP contribution in [0.2, 0.25) is 0 Å². The Labute approximate surface area is 178 Å². The molecule has 2 aromatic rings. The van der Waals surface area contributed by atoms with Crippen molar-refractivity contribution < 1.29 is 22.4 Å². The summed E-state index contributed by atoms with van der Waals surface area (Å²) in [7, 11) is -3.61. The lowest BCUT2D eigenvalue weighted by molar-refractivity contribution is 0.0730. The summed E-state index contributed by atoms with van der Waals surface area (Å²) in [6.07, 6.45) is 0.856. The molecule has 1 aromatic heterocycles. The summed E-state index contributed by atoms with van der Waals surface area (Å²) in [6, 6.07) is 4.74. The monoisotopic (exact) mass is 437 g/mol. The molecule has 0 spiro atoms. The van der Waals surface area contributed by atoms with Gasteiger partial charge in [0, 0.05) is 30.6 Å². The minimum Gasteiger partial charge on any atom is -0.451 e. The number of furan rings is 1. The van der Waals surface area contributed by atoms with Crippen molar-refractivity contribution in [1.82, 2.24) is 14.5 Å². The van der Waals surface area contributed by atoms with Crippen molar-refractivity contribution in [3.8, 4) is 0 Å². The number of ether oxygens (including phenoxy) is 1. The van der Waals surface area contributed by atoms with Gasteiger partial charge in [-0.05, 0) is 51.2 Å². The third-order valence-electron chi connectivity index (χ3n) is 5.55. The number of fused-ring (bicyclic) bond motifs is 1. The molecular formula is C21H31N3O5S. The zero-order chi connectivity index (χ0) is 21.7. The van der Waals surface area contributed by atoms with Gasteiger partial charge in [0.1, 0.15) is 5.58 Å². The number of morpholine rings is 1. The molecule has 1 aliphatic heterocycles. The maximum absolute atomic E-state index is 12.9. The molecule has 0 saturated carbocycles. The summed E-state index contributed by atoms with van der Waals surface area (Å²) in [5.41, 5.74) is 1.15. The number of nitrogens with one attached hydrogen (secondary N) is 1. The number of amides is 1. The minimum atomic E-state index is -3.61. The second kappa shape index (κ2) is 9.91. The standard InChI is InChI=1S/C21H31N3O5S/c1-4-23(5-2)10-6-9-22-21(25)20-16(3)18-15-17(7-8-19(18)29-20)30(26,27)24-11-13-28-14-12-24/h7-8,15H,4-6,9-14H2,1-3H3,(H,22,25). The molecule has 30 heavy (non-hydrogen) atoms. The Balaban J connectivity index is 1.73. The van der Waals surface area contributed by atoms with E-state index in [1.807, 2.05) is 0 Å². The SMILES string of the molecule is CCN(CC)CCCNC(=O)c1oc2ccc(S(=O)(=O)N3CCOCC3)cc2c1C. The smallest absolute Gasteiger partial charge is 0.287 e. The third-order valence-corrected chi connectivity index (χ3v) is 7.45. The number of hydrogen-bond acceptors (Lipinski definition) is 6. The van der Waals surface area contributed by atoms with Crippen LogP contribution >= 0.6 is 0 Å². The lowest BCUT2D eigenvalue weighted by atomic mass is 10.1. The average molecular weight is 438 g/mol. The Kier molecular flexibility index (Phi) is 7.51. The molecule has 166 valence electrons. The maximum atomic E-state index is 12.9. The quantitative estimate of drug-likeness (QED) is 0.605. The molecule has 8 nitrogen and oxygen atoms in total. The van der Waals surface area contributed by atoms with Crippen molar-refractivity contribution in [3.63, 3.8) is 0 Å². The third kappa shape index (κ3) is 4.85. The van der Waals surface area contributed by atoms with Crippen LogP contribution in [0.1, 0.15) is 36.4 Å². The number of nitrogens with zero attached hydrogens (tertiary/aromatic N) is 2. The van der Waals surface area contributed by atoms with Crippen molar-refractivity contribution in [2.75, 3.05) is 52.5 Å². The van der Waals surface area contributed by atoms with E-state index < -0.39 is 10.0 Å². The zero-order valence-electron chi connectivity index (χ0n) is 17.9. The van der Waals surface area contributed by atoms with Gasteiger partial charge in [-0.3, -0.25) is 4.79 Å². The Bertz CT molecular complexity index is 976. The minimum absolute atomic E-state index is 0.201. The van der Waals surface area contributed by atoms with E-state index in [0.29, 0.717) is 49.4 Å². The fourth-order valence-corrected chi connectivity index (χ4v) is 5.07. The van der Waals surface area contributed by atoms with E-state index in [1.54, 1.807) is 19.1 Å². The fourth-order valence-electron chi connectivity index (χ4n) is 3.64. The van der Waals surface area contributed by atoms with Gasteiger partial charge >= 0.3 is 0 Å². The second-order valence-electron chi connectivity index (χ2n) is 7.37. The molecular weight excluding hydrogens is 406 g/mol. The van der Waals surface area contributed by atoms with E-state index in [1.165, 1.54) is 10.4 Å². The predicted molar refractivity (Wildman–Crippen MR) is 115 cm³/mol. The van der Waals surface area contributed by atoms with Crippen LogP contribution in [0.15, 0.2) is 27.5 Å². The molecule has 0 radical (unpaired) electrons. The summed E-state index contributed by atoms with van der Waals surface area (Å²) in [5.74, 6) is -0.0467. The lowest BCUT2D eigenvalue weighted by Gasteiger charge is -2.26. The highest BCUT2D eigenvalue weighted by Crippen LogP contribution is 2.29. The molecule has 2 heterocycles. The molecule has 0 aliphatic carbocycles. The highest BCUT2D eigenvalue weighted by Gasteiger charge is 2.27. The van der Waals surface area contributed by atoms with Crippen LogP contribution in [0.3, 0.4) is 0 Å². The van der Waals surface area contributed by atoms with E-state index >= 15 is 0 Å². The van der Waals surface area contributed by atoms with Gasteiger partial charge in [0.15, 0.2) is 5.76 Å². The molecule has 1 aliphatic rings. The van der Waals surface area contributed by atoms with Crippen molar-refractivity contribution in [3.05, 3.63) is 29.5 Å². The van der Waals surface area contributed by atoms with E-state index in [-0.39, 0.29) is 16.6 Å². The van der Waals surface area contributed by atoms with Crippen LogP contribution < -0.4 is 5.32 Å². The maximum Gasteiger partial charge on any atom is 0.287 e. The van der Waals surface area contributed by atoms with Gasteiger partial charge < -0.3 is 19.4 Å². The summed E-state index contributed by atoms with van der Waals surface area (Å²) < 4.78 is 38.3. The Hall–Kier alpha value is -1.94. The van der Waals surface area contributed by atoms with E-state index in [0.717, 1.165) is 26.1 Å². The van der Waals surface area contributed by atoms with Crippen LogP contribution in [-0.2, 0) is 14.8 Å². The molecule has 1 N–H and O–H groups in total. The van der Waals surface area contributed by atoms with Gasteiger partial charge in [0.25, 0.3) is 5.91 Å². The highest BCUT2D eigenvalue weighted by molar-refractivity contribution is 7.89. The van der Waals surface area contributed by atoms with Crippen LogP contribution in [0.4, 0.5) is 0 Å². The molecule has 1 amide bonds.